The van der Waals surface area contributed by atoms with Gasteiger partial charge >= 0.3 is 5.69 Å². The van der Waals surface area contributed by atoms with Gasteiger partial charge in [-0.15, -0.1) is 0 Å². The maximum atomic E-state index is 12.9. The molecule has 0 bridgehead atoms. The number of rotatable bonds is 8. The SMILES string of the molecule is COc1ccc(OCC(=O)c2cc([N+](=O)[O-])c3c(c2OC)C=CC(C)(C)O3)cc1OC. The van der Waals surface area contributed by atoms with Crippen LogP contribution < -0.4 is 23.7 Å². The second kappa shape index (κ2) is 8.55. The fourth-order valence-electron chi connectivity index (χ4n) is 3.19. The van der Waals surface area contributed by atoms with Crippen molar-refractivity contribution in [2.75, 3.05) is 27.9 Å². The summed E-state index contributed by atoms with van der Waals surface area (Å²) in [6, 6.07) is 6.01. The van der Waals surface area contributed by atoms with Crippen LogP contribution in [0, 0.1) is 10.1 Å². The van der Waals surface area contributed by atoms with Crippen molar-refractivity contribution in [3.8, 4) is 28.7 Å². The summed E-state index contributed by atoms with van der Waals surface area (Å²) in [7, 11) is 4.39. The monoisotopic (exact) mass is 429 g/mol. The smallest absolute Gasteiger partial charge is 0.312 e. The lowest BCUT2D eigenvalue weighted by Gasteiger charge is -2.28. The second-order valence-corrected chi connectivity index (χ2v) is 7.24. The zero-order valence-electron chi connectivity index (χ0n) is 17.9. The molecule has 9 heteroatoms. The zero-order chi connectivity index (χ0) is 22.8. The number of carbonyl (C=O) groups excluding carboxylic acids is 1. The number of hydrogen-bond acceptors (Lipinski definition) is 8. The third kappa shape index (κ3) is 4.40. The van der Waals surface area contributed by atoms with Crippen LogP contribution in [-0.2, 0) is 0 Å². The lowest BCUT2D eigenvalue weighted by atomic mass is 9.97. The van der Waals surface area contributed by atoms with Crippen molar-refractivity contribution in [3.63, 3.8) is 0 Å². The molecule has 0 saturated heterocycles. The Kier molecular flexibility index (Phi) is 6.05. The number of ketones is 1. The van der Waals surface area contributed by atoms with E-state index in [1.807, 2.05) is 0 Å². The van der Waals surface area contributed by atoms with Gasteiger partial charge in [-0.25, -0.2) is 0 Å². The summed E-state index contributed by atoms with van der Waals surface area (Å²) in [4.78, 5) is 24.0. The number of nitro benzene ring substituents is 1. The standard InChI is InChI=1S/C22H23NO8/c1-22(2)9-8-14-20(29-5)15(11-16(23(25)26)21(14)31-22)17(24)12-30-13-6-7-18(27-3)19(10-13)28-4/h6-11H,12H2,1-5H3. The maximum Gasteiger partial charge on any atom is 0.312 e. The third-order valence-electron chi connectivity index (χ3n) is 4.69. The molecule has 9 nitrogen and oxygen atoms in total. The highest BCUT2D eigenvalue weighted by atomic mass is 16.6. The van der Waals surface area contributed by atoms with E-state index in [0.29, 0.717) is 22.8 Å². The Hall–Kier alpha value is -3.75. The molecule has 0 spiro atoms. The van der Waals surface area contributed by atoms with Gasteiger partial charge in [0.1, 0.15) is 17.1 Å². The summed E-state index contributed by atoms with van der Waals surface area (Å²) in [5.74, 6) is 1.10. The van der Waals surface area contributed by atoms with Crippen molar-refractivity contribution < 1.29 is 33.4 Å². The van der Waals surface area contributed by atoms with E-state index in [4.69, 9.17) is 23.7 Å². The van der Waals surface area contributed by atoms with Crippen LogP contribution in [0.3, 0.4) is 0 Å². The van der Waals surface area contributed by atoms with Crippen LogP contribution in [-0.4, -0.2) is 44.2 Å². The Bertz CT molecular complexity index is 1060. The minimum atomic E-state index is -0.731. The average Bonchev–Trinajstić information content (AvgIpc) is 2.75. The number of ether oxygens (including phenoxy) is 5. The molecule has 1 aliphatic rings. The van der Waals surface area contributed by atoms with Gasteiger partial charge in [-0.2, -0.15) is 0 Å². The number of hydrogen-bond donors (Lipinski definition) is 0. The molecule has 3 rings (SSSR count). The Balaban J connectivity index is 1.94. The van der Waals surface area contributed by atoms with Crippen molar-refractivity contribution in [1.29, 1.82) is 0 Å². The maximum absolute atomic E-state index is 12.9. The molecular formula is C22H23NO8. The van der Waals surface area contributed by atoms with Gasteiger partial charge in [-0.3, -0.25) is 14.9 Å². The lowest BCUT2D eigenvalue weighted by Crippen LogP contribution is -2.28. The molecule has 0 aliphatic carbocycles. The van der Waals surface area contributed by atoms with E-state index in [1.165, 1.54) is 21.3 Å². The Morgan fingerprint density at radius 3 is 2.42 bits per heavy atom. The predicted molar refractivity (Wildman–Crippen MR) is 113 cm³/mol. The molecule has 1 aliphatic heterocycles. The summed E-state index contributed by atoms with van der Waals surface area (Å²) >= 11 is 0. The van der Waals surface area contributed by atoms with Crippen LogP contribution in [0.2, 0.25) is 0 Å². The van der Waals surface area contributed by atoms with Crippen molar-refractivity contribution in [1.82, 2.24) is 0 Å². The summed E-state index contributed by atoms with van der Waals surface area (Å²) < 4.78 is 27.2. The van der Waals surface area contributed by atoms with Crippen LogP contribution in [0.4, 0.5) is 5.69 Å². The highest BCUT2D eigenvalue weighted by Gasteiger charge is 2.34. The molecule has 2 aromatic carbocycles. The zero-order valence-corrected chi connectivity index (χ0v) is 17.9. The van der Waals surface area contributed by atoms with Crippen LogP contribution in [0.5, 0.6) is 28.7 Å². The van der Waals surface area contributed by atoms with Gasteiger partial charge in [-0.1, -0.05) is 0 Å². The second-order valence-electron chi connectivity index (χ2n) is 7.24. The van der Waals surface area contributed by atoms with E-state index < -0.39 is 16.3 Å². The van der Waals surface area contributed by atoms with E-state index in [1.54, 1.807) is 44.2 Å². The number of Topliss-reactive ketones (excluding diaryl/α,β-unsaturated/α-hetero) is 1. The molecule has 0 fully saturated rings. The van der Waals surface area contributed by atoms with Gasteiger partial charge < -0.3 is 23.7 Å². The Morgan fingerprint density at radius 1 is 1.10 bits per heavy atom. The van der Waals surface area contributed by atoms with Crippen molar-refractivity contribution in [3.05, 3.63) is 51.6 Å². The molecule has 0 aromatic heterocycles. The molecule has 31 heavy (non-hydrogen) atoms. The number of benzene rings is 2. The normalized spacial score (nSPS) is 13.6. The average molecular weight is 429 g/mol. The number of nitrogens with zero attached hydrogens (tertiary/aromatic N) is 1. The van der Waals surface area contributed by atoms with E-state index >= 15 is 0 Å². The molecule has 164 valence electrons. The van der Waals surface area contributed by atoms with Crippen LogP contribution in [0.1, 0.15) is 29.8 Å². The number of nitro groups is 1. The highest BCUT2D eigenvalue weighted by molar-refractivity contribution is 6.02. The van der Waals surface area contributed by atoms with Gasteiger partial charge in [0.25, 0.3) is 0 Å². The molecular weight excluding hydrogens is 406 g/mol. The van der Waals surface area contributed by atoms with Crippen LogP contribution in [0.25, 0.3) is 6.08 Å². The first-order valence-corrected chi connectivity index (χ1v) is 9.36. The van der Waals surface area contributed by atoms with Crippen molar-refractivity contribution in [2.45, 2.75) is 19.4 Å². The van der Waals surface area contributed by atoms with Gasteiger partial charge in [0.05, 0.1) is 37.4 Å². The van der Waals surface area contributed by atoms with Crippen LogP contribution in [0.15, 0.2) is 30.3 Å². The first-order valence-electron chi connectivity index (χ1n) is 9.36. The molecule has 0 saturated carbocycles. The van der Waals surface area contributed by atoms with Gasteiger partial charge in [0.2, 0.25) is 11.5 Å². The first kappa shape index (κ1) is 21.9. The van der Waals surface area contributed by atoms with E-state index in [0.717, 1.165) is 6.07 Å². The fraction of sp³-hybridized carbons (Fsp3) is 0.318. The number of methoxy groups -OCH3 is 3. The van der Waals surface area contributed by atoms with E-state index in [9.17, 15) is 14.9 Å². The molecule has 0 atom stereocenters. The third-order valence-corrected chi connectivity index (χ3v) is 4.69. The van der Waals surface area contributed by atoms with E-state index in [-0.39, 0.29) is 29.4 Å². The van der Waals surface area contributed by atoms with Gasteiger partial charge in [0, 0.05) is 12.1 Å². The Morgan fingerprint density at radius 2 is 1.81 bits per heavy atom. The Labute approximate surface area is 179 Å². The summed E-state index contributed by atoms with van der Waals surface area (Å²) in [5.41, 5.74) is -0.681. The molecule has 0 unspecified atom stereocenters. The minimum absolute atomic E-state index is 0.0291. The van der Waals surface area contributed by atoms with Crippen LogP contribution >= 0.6 is 0 Å². The predicted octanol–water partition coefficient (Wildman–Crippen LogP) is 4.07. The molecule has 1 heterocycles. The summed E-state index contributed by atoms with van der Waals surface area (Å²) in [6.07, 6.45) is 3.41. The fourth-order valence-corrected chi connectivity index (χ4v) is 3.19. The number of carbonyl (C=O) groups is 1. The molecule has 0 radical (unpaired) electrons. The molecule has 2 aromatic rings. The van der Waals surface area contributed by atoms with E-state index in [2.05, 4.69) is 0 Å². The quantitative estimate of drug-likeness (QED) is 0.351. The molecule has 0 N–H and O–H groups in total. The van der Waals surface area contributed by atoms with Gasteiger partial charge in [-0.05, 0) is 38.1 Å². The highest BCUT2D eigenvalue weighted by Crippen LogP contribution is 2.45. The topological polar surface area (TPSA) is 106 Å². The minimum Gasteiger partial charge on any atom is -0.495 e. The first-order chi connectivity index (χ1) is 14.7. The van der Waals surface area contributed by atoms with Crippen molar-refractivity contribution in [2.24, 2.45) is 0 Å². The summed E-state index contributed by atoms with van der Waals surface area (Å²) in [6.45, 7) is 3.19. The van der Waals surface area contributed by atoms with Gasteiger partial charge in [0.15, 0.2) is 18.1 Å². The molecule has 0 amide bonds. The largest absolute Gasteiger partial charge is 0.495 e. The number of fused-ring (bicyclic) bond motifs is 1. The summed E-state index contributed by atoms with van der Waals surface area (Å²) in [5, 5.41) is 11.7. The van der Waals surface area contributed by atoms with Crippen molar-refractivity contribution >= 4 is 17.5 Å². The lowest BCUT2D eigenvalue weighted by molar-refractivity contribution is -0.386.